The molecule has 0 amide bonds. The molecule has 100 valence electrons. The van der Waals surface area contributed by atoms with Crippen molar-refractivity contribution >= 4 is 0 Å². The zero-order chi connectivity index (χ0) is 13.0. The highest BCUT2D eigenvalue weighted by Crippen LogP contribution is 2.44. The number of nitrogens with one attached hydrogen (secondary N) is 1. The Hall–Kier alpha value is -1.06. The first kappa shape index (κ1) is 13.4. The second kappa shape index (κ2) is 5.72. The normalized spacial score (nSPS) is 28.2. The van der Waals surface area contributed by atoms with Crippen molar-refractivity contribution in [1.29, 1.82) is 0 Å². The van der Waals surface area contributed by atoms with E-state index in [-0.39, 0.29) is 5.60 Å². The third-order valence-corrected chi connectivity index (χ3v) is 4.16. The van der Waals surface area contributed by atoms with Gasteiger partial charge < -0.3 is 15.2 Å². The molecule has 1 aromatic carbocycles. The summed E-state index contributed by atoms with van der Waals surface area (Å²) in [5.41, 5.74) is 0.852. The predicted molar refractivity (Wildman–Crippen MR) is 72.7 cm³/mol. The summed E-state index contributed by atoms with van der Waals surface area (Å²) < 4.78 is 5.93. The Kier molecular flexibility index (Phi) is 4.25. The van der Waals surface area contributed by atoms with E-state index in [1.807, 2.05) is 19.2 Å². The van der Waals surface area contributed by atoms with E-state index in [2.05, 4.69) is 11.4 Å². The van der Waals surface area contributed by atoms with Crippen LogP contribution in [-0.2, 0) is 10.3 Å². The van der Waals surface area contributed by atoms with Gasteiger partial charge in [0, 0.05) is 19.6 Å². The highest BCUT2D eigenvalue weighted by Gasteiger charge is 2.42. The van der Waals surface area contributed by atoms with Crippen LogP contribution in [0, 0.1) is 5.92 Å². The number of phenolic OH excluding ortho intramolecular Hbond substituents is 1. The van der Waals surface area contributed by atoms with Crippen molar-refractivity contribution in [3.8, 4) is 5.75 Å². The van der Waals surface area contributed by atoms with Crippen molar-refractivity contribution in [2.24, 2.45) is 5.92 Å². The third kappa shape index (κ3) is 2.38. The van der Waals surface area contributed by atoms with Gasteiger partial charge in [0.15, 0.2) is 0 Å². The molecule has 1 aromatic rings. The molecule has 0 aliphatic heterocycles. The van der Waals surface area contributed by atoms with E-state index in [4.69, 9.17) is 4.74 Å². The second-order valence-electron chi connectivity index (χ2n) is 5.14. The van der Waals surface area contributed by atoms with E-state index >= 15 is 0 Å². The molecule has 1 aliphatic rings. The molecule has 2 atom stereocenters. The van der Waals surface area contributed by atoms with Crippen LogP contribution in [-0.4, -0.2) is 25.8 Å². The van der Waals surface area contributed by atoms with Crippen molar-refractivity contribution in [3.05, 3.63) is 29.8 Å². The molecule has 2 N–H and O–H groups in total. The predicted octanol–water partition coefficient (Wildman–Crippen LogP) is 2.64. The zero-order valence-electron chi connectivity index (χ0n) is 11.3. The lowest BCUT2D eigenvalue weighted by atomic mass is 9.71. The molecule has 3 nitrogen and oxygen atoms in total. The van der Waals surface area contributed by atoms with E-state index < -0.39 is 0 Å². The van der Waals surface area contributed by atoms with E-state index in [1.165, 1.54) is 19.3 Å². The molecule has 2 rings (SSSR count). The number of methoxy groups -OCH3 is 1. The van der Waals surface area contributed by atoms with Crippen LogP contribution in [0.1, 0.15) is 31.2 Å². The fraction of sp³-hybridized carbons (Fsp3) is 0.600. The lowest BCUT2D eigenvalue weighted by Gasteiger charge is -2.43. The number of hydrogen-bond acceptors (Lipinski definition) is 3. The van der Waals surface area contributed by atoms with Gasteiger partial charge in [0.05, 0.1) is 5.60 Å². The number of benzene rings is 1. The first-order valence-electron chi connectivity index (χ1n) is 6.72. The lowest BCUT2D eigenvalue weighted by Crippen LogP contribution is -2.44. The fourth-order valence-corrected chi connectivity index (χ4v) is 3.26. The van der Waals surface area contributed by atoms with Crippen LogP contribution in [0.15, 0.2) is 24.3 Å². The maximum absolute atomic E-state index is 9.70. The fourth-order valence-electron chi connectivity index (χ4n) is 3.26. The van der Waals surface area contributed by atoms with E-state index in [0.29, 0.717) is 11.7 Å². The van der Waals surface area contributed by atoms with E-state index in [9.17, 15) is 5.11 Å². The maximum Gasteiger partial charge on any atom is 0.115 e. The molecule has 0 unspecified atom stereocenters. The van der Waals surface area contributed by atoms with Crippen molar-refractivity contribution < 1.29 is 9.84 Å². The second-order valence-corrected chi connectivity index (χ2v) is 5.14. The number of aromatic hydroxyl groups is 1. The van der Waals surface area contributed by atoms with Gasteiger partial charge in [0.2, 0.25) is 0 Å². The van der Waals surface area contributed by atoms with Crippen LogP contribution < -0.4 is 5.32 Å². The molecule has 18 heavy (non-hydrogen) atoms. The van der Waals surface area contributed by atoms with Gasteiger partial charge in [-0.05, 0) is 37.6 Å². The summed E-state index contributed by atoms with van der Waals surface area (Å²) in [6, 6.07) is 7.52. The Balaban J connectivity index is 2.37. The monoisotopic (exact) mass is 249 g/mol. The Bertz CT molecular complexity index is 392. The summed E-state index contributed by atoms with van der Waals surface area (Å²) >= 11 is 0. The average molecular weight is 249 g/mol. The van der Waals surface area contributed by atoms with Gasteiger partial charge in [0.1, 0.15) is 5.75 Å². The summed E-state index contributed by atoms with van der Waals surface area (Å²) in [5.74, 6) is 0.778. The number of phenols is 1. The molecule has 0 heterocycles. The van der Waals surface area contributed by atoms with Gasteiger partial charge in [-0.2, -0.15) is 0 Å². The Morgan fingerprint density at radius 3 is 2.94 bits per heavy atom. The highest BCUT2D eigenvalue weighted by atomic mass is 16.5. The van der Waals surface area contributed by atoms with Crippen LogP contribution in [0.5, 0.6) is 5.75 Å². The number of rotatable bonds is 4. The summed E-state index contributed by atoms with van der Waals surface area (Å²) in [6.07, 6.45) is 4.64. The Labute approximate surface area is 109 Å². The molecule has 0 spiro atoms. The van der Waals surface area contributed by atoms with E-state index in [0.717, 1.165) is 18.5 Å². The first-order valence-corrected chi connectivity index (χ1v) is 6.72. The van der Waals surface area contributed by atoms with Crippen LogP contribution in [0.4, 0.5) is 0 Å². The minimum absolute atomic E-state index is 0.250. The molecular weight excluding hydrogens is 226 g/mol. The van der Waals surface area contributed by atoms with Crippen molar-refractivity contribution in [1.82, 2.24) is 5.32 Å². The smallest absolute Gasteiger partial charge is 0.115 e. The van der Waals surface area contributed by atoms with Gasteiger partial charge in [-0.25, -0.2) is 0 Å². The zero-order valence-corrected chi connectivity index (χ0v) is 11.3. The van der Waals surface area contributed by atoms with Crippen molar-refractivity contribution in [2.75, 3.05) is 20.7 Å². The molecule has 1 saturated carbocycles. The SMILES string of the molecule is CNC[C@@H]1CCCC[C@@]1(OC)c1cccc(O)c1. The minimum atomic E-state index is -0.250. The lowest BCUT2D eigenvalue weighted by molar-refractivity contribution is -0.0884. The van der Waals surface area contributed by atoms with Gasteiger partial charge in [-0.1, -0.05) is 25.0 Å². The van der Waals surface area contributed by atoms with Crippen LogP contribution in [0.25, 0.3) is 0 Å². The summed E-state index contributed by atoms with van der Waals surface area (Å²) in [5, 5.41) is 13.0. The van der Waals surface area contributed by atoms with Crippen molar-refractivity contribution in [3.63, 3.8) is 0 Å². The largest absolute Gasteiger partial charge is 0.508 e. The first-order chi connectivity index (χ1) is 8.73. The standard InChI is InChI=1S/C15H23NO2/c1-16-11-13-6-3-4-9-15(13,18-2)12-7-5-8-14(17)10-12/h5,7-8,10,13,16-17H,3-4,6,9,11H2,1-2H3/t13-,15+/m0/s1. The molecular formula is C15H23NO2. The topological polar surface area (TPSA) is 41.5 Å². The number of hydrogen-bond donors (Lipinski definition) is 2. The molecule has 1 aliphatic carbocycles. The average Bonchev–Trinajstić information content (AvgIpc) is 2.40. The highest BCUT2D eigenvalue weighted by molar-refractivity contribution is 5.32. The number of ether oxygens (including phenoxy) is 1. The Morgan fingerprint density at radius 1 is 1.44 bits per heavy atom. The molecule has 0 aromatic heterocycles. The molecule has 0 bridgehead atoms. The minimum Gasteiger partial charge on any atom is -0.508 e. The molecule has 0 saturated heterocycles. The maximum atomic E-state index is 9.70. The van der Waals surface area contributed by atoms with Crippen LogP contribution >= 0.6 is 0 Å². The van der Waals surface area contributed by atoms with Gasteiger partial charge in [-0.15, -0.1) is 0 Å². The molecule has 1 fully saturated rings. The summed E-state index contributed by atoms with van der Waals surface area (Å²) in [6.45, 7) is 0.948. The van der Waals surface area contributed by atoms with Gasteiger partial charge >= 0.3 is 0 Å². The van der Waals surface area contributed by atoms with Crippen LogP contribution in [0.3, 0.4) is 0 Å². The molecule has 3 heteroatoms. The van der Waals surface area contributed by atoms with E-state index in [1.54, 1.807) is 13.2 Å². The van der Waals surface area contributed by atoms with Gasteiger partial charge in [-0.3, -0.25) is 0 Å². The van der Waals surface area contributed by atoms with Crippen LogP contribution in [0.2, 0.25) is 0 Å². The third-order valence-electron chi connectivity index (χ3n) is 4.16. The molecule has 0 radical (unpaired) electrons. The summed E-state index contributed by atoms with van der Waals surface area (Å²) in [7, 11) is 3.77. The quantitative estimate of drug-likeness (QED) is 0.862. The Morgan fingerprint density at radius 2 is 2.28 bits per heavy atom. The van der Waals surface area contributed by atoms with Gasteiger partial charge in [0.25, 0.3) is 0 Å². The summed E-state index contributed by atoms with van der Waals surface area (Å²) in [4.78, 5) is 0. The van der Waals surface area contributed by atoms with Crippen molar-refractivity contribution in [2.45, 2.75) is 31.3 Å².